The van der Waals surface area contributed by atoms with Crippen molar-refractivity contribution in [1.82, 2.24) is 10.2 Å². The Morgan fingerprint density at radius 3 is 2.59 bits per heavy atom. The average molecular weight is 230 g/mol. The van der Waals surface area contributed by atoms with Crippen LogP contribution in [0.4, 0.5) is 0 Å². The summed E-state index contributed by atoms with van der Waals surface area (Å²) in [7, 11) is 4.47. The first-order chi connectivity index (χ1) is 8.24. The van der Waals surface area contributed by atoms with Crippen molar-refractivity contribution in [1.29, 1.82) is 0 Å². The predicted molar refractivity (Wildman–Crippen MR) is 71.4 cm³/mol. The van der Waals surface area contributed by atoms with E-state index in [0.717, 1.165) is 0 Å². The van der Waals surface area contributed by atoms with Gasteiger partial charge in [0.05, 0.1) is 0 Å². The molecule has 0 aromatic heterocycles. The highest BCUT2D eigenvalue weighted by Crippen LogP contribution is 2.46. The first kappa shape index (κ1) is 11.2. The lowest BCUT2D eigenvalue weighted by Gasteiger charge is -2.43. The molecule has 2 heteroatoms. The third-order valence-electron chi connectivity index (χ3n) is 4.72. The van der Waals surface area contributed by atoms with Gasteiger partial charge in [-0.3, -0.25) is 0 Å². The van der Waals surface area contributed by atoms with Crippen LogP contribution in [0, 0.1) is 0 Å². The number of hydrogen-bond acceptors (Lipinski definition) is 2. The van der Waals surface area contributed by atoms with Crippen molar-refractivity contribution in [3.8, 4) is 0 Å². The largest absolute Gasteiger partial charge is 0.317 e. The van der Waals surface area contributed by atoms with Crippen molar-refractivity contribution in [3.63, 3.8) is 0 Å². The second-order valence-electron chi connectivity index (χ2n) is 5.75. The van der Waals surface area contributed by atoms with Gasteiger partial charge in [0.1, 0.15) is 0 Å². The van der Waals surface area contributed by atoms with Crippen LogP contribution in [0.1, 0.15) is 24.0 Å². The summed E-state index contributed by atoms with van der Waals surface area (Å²) < 4.78 is 0. The second-order valence-corrected chi connectivity index (χ2v) is 5.75. The third-order valence-corrected chi connectivity index (χ3v) is 4.72. The van der Waals surface area contributed by atoms with Crippen LogP contribution in [0.5, 0.6) is 0 Å². The first-order valence-corrected chi connectivity index (χ1v) is 6.69. The van der Waals surface area contributed by atoms with Crippen LogP contribution in [-0.2, 0) is 11.8 Å². The lowest BCUT2D eigenvalue weighted by molar-refractivity contribution is 0.153. The quantitative estimate of drug-likeness (QED) is 0.791. The molecule has 17 heavy (non-hydrogen) atoms. The van der Waals surface area contributed by atoms with Crippen LogP contribution in [0.15, 0.2) is 24.3 Å². The molecule has 1 aromatic carbocycles. The van der Waals surface area contributed by atoms with E-state index in [-0.39, 0.29) is 0 Å². The summed E-state index contributed by atoms with van der Waals surface area (Å²) in [6.07, 6.45) is 3.79. The molecule has 0 saturated carbocycles. The molecule has 1 aliphatic carbocycles. The first-order valence-electron chi connectivity index (χ1n) is 6.69. The fourth-order valence-electron chi connectivity index (χ4n) is 3.92. The van der Waals surface area contributed by atoms with Gasteiger partial charge in [0.2, 0.25) is 0 Å². The molecule has 3 rings (SSSR count). The molecular formula is C15H22N2. The molecule has 2 nitrogen and oxygen atoms in total. The summed E-state index contributed by atoms with van der Waals surface area (Å²) in [5.74, 6) is 0. The Balaban J connectivity index is 2.06. The Morgan fingerprint density at radius 1 is 1.18 bits per heavy atom. The average Bonchev–Trinajstić information content (AvgIpc) is 2.66. The Kier molecular flexibility index (Phi) is 2.72. The van der Waals surface area contributed by atoms with Crippen molar-refractivity contribution in [2.75, 3.05) is 27.2 Å². The molecular weight excluding hydrogens is 208 g/mol. The van der Waals surface area contributed by atoms with Gasteiger partial charge in [-0.1, -0.05) is 24.3 Å². The molecule has 1 saturated heterocycles. The van der Waals surface area contributed by atoms with Gasteiger partial charge in [-0.2, -0.15) is 0 Å². The Hall–Kier alpha value is -0.860. The molecule has 0 radical (unpaired) electrons. The maximum atomic E-state index is 3.51. The SMILES string of the molecule is CN(C)C1Cc2ccccc2C12CCNCC2. The van der Waals surface area contributed by atoms with Crippen LogP contribution in [0.3, 0.4) is 0 Å². The van der Waals surface area contributed by atoms with Gasteiger partial charge >= 0.3 is 0 Å². The minimum atomic E-state index is 0.408. The maximum Gasteiger partial charge on any atom is 0.0228 e. The van der Waals surface area contributed by atoms with Crippen LogP contribution >= 0.6 is 0 Å². The minimum Gasteiger partial charge on any atom is -0.317 e. The van der Waals surface area contributed by atoms with E-state index in [0.29, 0.717) is 11.5 Å². The van der Waals surface area contributed by atoms with Gasteiger partial charge in [0.15, 0.2) is 0 Å². The zero-order chi connectivity index (χ0) is 11.9. The molecule has 1 spiro atoms. The van der Waals surface area contributed by atoms with Crippen LogP contribution < -0.4 is 5.32 Å². The van der Waals surface area contributed by atoms with E-state index in [4.69, 9.17) is 0 Å². The van der Waals surface area contributed by atoms with Gasteiger partial charge in [-0.25, -0.2) is 0 Å². The molecule has 1 aromatic rings. The van der Waals surface area contributed by atoms with Gasteiger partial charge in [0, 0.05) is 11.5 Å². The Morgan fingerprint density at radius 2 is 1.88 bits per heavy atom. The molecule has 2 aliphatic rings. The zero-order valence-corrected chi connectivity index (χ0v) is 10.9. The summed E-state index contributed by atoms with van der Waals surface area (Å²) in [6, 6.07) is 9.76. The Labute approximate surface area is 104 Å². The second kappa shape index (κ2) is 4.11. The number of rotatable bonds is 1. The van der Waals surface area contributed by atoms with E-state index >= 15 is 0 Å². The third kappa shape index (κ3) is 1.62. The van der Waals surface area contributed by atoms with Crippen molar-refractivity contribution in [3.05, 3.63) is 35.4 Å². The molecule has 0 bridgehead atoms. The fourth-order valence-corrected chi connectivity index (χ4v) is 3.92. The van der Waals surface area contributed by atoms with Crippen molar-refractivity contribution in [2.45, 2.75) is 30.7 Å². The van der Waals surface area contributed by atoms with E-state index in [1.54, 1.807) is 11.1 Å². The fraction of sp³-hybridized carbons (Fsp3) is 0.600. The number of benzene rings is 1. The number of nitrogens with zero attached hydrogens (tertiary/aromatic N) is 1. The lowest BCUT2D eigenvalue weighted by Crippen LogP contribution is -2.50. The molecule has 1 aliphatic heterocycles. The van der Waals surface area contributed by atoms with Gasteiger partial charge in [0.25, 0.3) is 0 Å². The van der Waals surface area contributed by atoms with Crippen LogP contribution in [-0.4, -0.2) is 38.1 Å². The van der Waals surface area contributed by atoms with Gasteiger partial charge in [-0.15, -0.1) is 0 Å². The van der Waals surface area contributed by atoms with Crippen molar-refractivity contribution in [2.24, 2.45) is 0 Å². The minimum absolute atomic E-state index is 0.408. The highest BCUT2D eigenvalue weighted by Gasteiger charge is 2.47. The Bertz CT molecular complexity index is 405. The highest BCUT2D eigenvalue weighted by atomic mass is 15.1. The number of piperidine rings is 1. The van der Waals surface area contributed by atoms with Gasteiger partial charge in [-0.05, 0) is 57.6 Å². The molecule has 1 unspecified atom stereocenters. The summed E-state index contributed by atoms with van der Waals surface area (Å²) in [4.78, 5) is 2.44. The topological polar surface area (TPSA) is 15.3 Å². The summed E-state index contributed by atoms with van der Waals surface area (Å²) in [5, 5.41) is 3.51. The van der Waals surface area contributed by atoms with E-state index in [1.807, 2.05) is 0 Å². The van der Waals surface area contributed by atoms with Crippen molar-refractivity contribution < 1.29 is 0 Å². The lowest BCUT2D eigenvalue weighted by atomic mass is 9.71. The molecule has 92 valence electrons. The smallest absolute Gasteiger partial charge is 0.0228 e. The normalized spacial score (nSPS) is 26.4. The number of hydrogen-bond donors (Lipinski definition) is 1. The molecule has 0 amide bonds. The van der Waals surface area contributed by atoms with E-state index in [1.165, 1.54) is 32.4 Å². The van der Waals surface area contributed by atoms with Crippen molar-refractivity contribution >= 4 is 0 Å². The number of nitrogens with one attached hydrogen (secondary N) is 1. The summed E-state index contributed by atoms with van der Waals surface area (Å²) >= 11 is 0. The zero-order valence-electron chi connectivity index (χ0n) is 10.9. The van der Waals surface area contributed by atoms with Gasteiger partial charge < -0.3 is 10.2 Å². The standard InChI is InChI=1S/C15H22N2/c1-17(2)14-11-12-5-3-4-6-13(12)15(14)7-9-16-10-8-15/h3-6,14,16H,7-11H2,1-2H3. The predicted octanol–water partition coefficient (Wildman–Crippen LogP) is 1.79. The van der Waals surface area contributed by atoms with Crippen LogP contribution in [0.25, 0.3) is 0 Å². The molecule has 1 atom stereocenters. The molecule has 1 fully saturated rings. The molecule has 1 heterocycles. The molecule has 1 N–H and O–H groups in total. The number of likely N-dealkylation sites (N-methyl/N-ethyl adjacent to an activating group) is 1. The van der Waals surface area contributed by atoms with E-state index < -0.39 is 0 Å². The summed E-state index contributed by atoms with van der Waals surface area (Å²) in [6.45, 7) is 2.33. The van der Waals surface area contributed by atoms with E-state index in [2.05, 4.69) is 48.6 Å². The highest BCUT2D eigenvalue weighted by molar-refractivity contribution is 5.43. The maximum absolute atomic E-state index is 3.51. The van der Waals surface area contributed by atoms with E-state index in [9.17, 15) is 0 Å². The van der Waals surface area contributed by atoms with Crippen LogP contribution in [0.2, 0.25) is 0 Å². The summed E-state index contributed by atoms with van der Waals surface area (Å²) in [5.41, 5.74) is 3.61. The number of fused-ring (bicyclic) bond motifs is 2. The monoisotopic (exact) mass is 230 g/mol.